The fraction of sp³-hybridized carbons (Fsp3) is 0.143. The smallest absolute Gasteiger partial charge is 0.131 e. The fourth-order valence-electron chi connectivity index (χ4n) is 1.77. The van der Waals surface area contributed by atoms with Gasteiger partial charge in [-0.2, -0.15) is 0 Å². The van der Waals surface area contributed by atoms with Crippen molar-refractivity contribution in [3.05, 3.63) is 70.2 Å². The Morgan fingerprint density at radius 2 is 1.89 bits per heavy atom. The predicted octanol–water partition coefficient (Wildman–Crippen LogP) is 3.89. The molecule has 0 saturated carbocycles. The summed E-state index contributed by atoms with van der Waals surface area (Å²) >= 11 is 5.82. The van der Waals surface area contributed by atoms with Crippen molar-refractivity contribution < 1.29 is 13.9 Å². The molecule has 0 amide bonds. The Labute approximate surface area is 109 Å². The molecule has 1 N–H and O–H groups in total. The molecule has 18 heavy (non-hydrogen) atoms. The van der Waals surface area contributed by atoms with Gasteiger partial charge in [0.1, 0.15) is 11.6 Å². The minimum atomic E-state index is -1.02. The van der Waals surface area contributed by atoms with Gasteiger partial charge in [-0.1, -0.05) is 29.8 Å². The maximum absolute atomic E-state index is 13.5. The van der Waals surface area contributed by atoms with E-state index in [1.54, 1.807) is 24.3 Å². The zero-order valence-corrected chi connectivity index (χ0v) is 10.2. The van der Waals surface area contributed by atoms with Crippen LogP contribution in [0.3, 0.4) is 0 Å². The third-order valence-corrected chi connectivity index (χ3v) is 2.87. The number of aliphatic hydroxyl groups is 1. The lowest BCUT2D eigenvalue weighted by atomic mass is 10.0. The van der Waals surface area contributed by atoms with Crippen molar-refractivity contribution in [2.45, 2.75) is 12.5 Å². The first-order chi connectivity index (χ1) is 8.56. The average molecular weight is 269 g/mol. The van der Waals surface area contributed by atoms with Gasteiger partial charge in [-0.25, -0.2) is 8.78 Å². The first-order valence-electron chi connectivity index (χ1n) is 5.44. The van der Waals surface area contributed by atoms with E-state index in [0.717, 1.165) is 17.7 Å². The van der Waals surface area contributed by atoms with Gasteiger partial charge in [-0.3, -0.25) is 0 Å². The van der Waals surface area contributed by atoms with Crippen LogP contribution in [-0.2, 0) is 6.42 Å². The van der Waals surface area contributed by atoms with Crippen LogP contribution in [0.25, 0.3) is 0 Å². The molecular formula is C14H11ClF2O. The highest BCUT2D eigenvalue weighted by Gasteiger charge is 2.14. The molecule has 0 aromatic heterocycles. The number of hydrogen-bond donors (Lipinski definition) is 1. The summed E-state index contributed by atoms with van der Waals surface area (Å²) < 4.78 is 26.2. The fourth-order valence-corrected chi connectivity index (χ4v) is 1.98. The molecule has 1 atom stereocenters. The van der Waals surface area contributed by atoms with Gasteiger partial charge in [-0.05, 0) is 23.8 Å². The molecule has 0 fully saturated rings. The lowest BCUT2D eigenvalue weighted by Crippen LogP contribution is -2.04. The summed E-state index contributed by atoms with van der Waals surface area (Å²) in [7, 11) is 0. The molecular weight excluding hydrogens is 258 g/mol. The van der Waals surface area contributed by atoms with Crippen LogP contribution in [0.2, 0.25) is 5.02 Å². The quantitative estimate of drug-likeness (QED) is 0.895. The highest BCUT2D eigenvalue weighted by Crippen LogP contribution is 2.23. The Bertz CT molecular complexity index is 557. The molecule has 1 unspecified atom stereocenters. The van der Waals surface area contributed by atoms with Gasteiger partial charge in [0.25, 0.3) is 0 Å². The van der Waals surface area contributed by atoms with Crippen LogP contribution in [0.5, 0.6) is 0 Å². The molecule has 0 bridgehead atoms. The second kappa shape index (κ2) is 5.46. The van der Waals surface area contributed by atoms with Gasteiger partial charge in [0, 0.05) is 23.1 Å². The Hall–Kier alpha value is -1.45. The normalized spacial score (nSPS) is 12.4. The number of benzene rings is 2. The van der Waals surface area contributed by atoms with Crippen LogP contribution in [0.15, 0.2) is 42.5 Å². The van der Waals surface area contributed by atoms with E-state index in [9.17, 15) is 13.9 Å². The van der Waals surface area contributed by atoms with Gasteiger partial charge in [-0.15, -0.1) is 0 Å². The molecule has 0 aliphatic rings. The zero-order valence-electron chi connectivity index (χ0n) is 9.41. The van der Waals surface area contributed by atoms with Crippen molar-refractivity contribution >= 4 is 11.6 Å². The molecule has 0 radical (unpaired) electrons. The van der Waals surface area contributed by atoms with Crippen LogP contribution < -0.4 is 0 Å². The Morgan fingerprint density at radius 1 is 1.11 bits per heavy atom. The average Bonchev–Trinajstić information content (AvgIpc) is 2.28. The van der Waals surface area contributed by atoms with E-state index in [1.807, 2.05) is 0 Å². The minimum absolute atomic E-state index is 0.0800. The predicted molar refractivity (Wildman–Crippen MR) is 66.5 cm³/mol. The number of hydrogen-bond acceptors (Lipinski definition) is 1. The zero-order chi connectivity index (χ0) is 13.1. The van der Waals surface area contributed by atoms with Gasteiger partial charge in [0.05, 0.1) is 6.10 Å². The van der Waals surface area contributed by atoms with Crippen molar-refractivity contribution in [1.82, 2.24) is 0 Å². The molecule has 0 aliphatic carbocycles. The summed E-state index contributed by atoms with van der Waals surface area (Å²) in [6, 6.07) is 10.1. The summed E-state index contributed by atoms with van der Waals surface area (Å²) in [5.74, 6) is -1.41. The number of aliphatic hydroxyl groups excluding tert-OH is 1. The first-order valence-corrected chi connectivity index (χ1v) is 5.81. The largest absolute Gasteiger partial charge is 0.388 e. The first kappa shape index (κ1) is 13.0. The van der Waals surface area contributed by atoms with Crippen molar-refractivity contribution in [2.75, 3.05) is 0 Å². The van der Waals surface area contributed by atoms with E-state index in [4.69, 9.17) is 11.6 Å². The van der Waals surface area contributed by atoms with E-state index in [-0.39, 0.29) is 12.0 Å². The van der Waals surface area contributed by atoms with Crippen molar-refractivity contribution in [3.8, 4) is 0 Å². The van der Waals surface area contributed by atoms with Gasteiger partial charge in [0.2, 0.25) is 0 Å². The van der Waals surface area contributed by atoms with E-state index < -0.39 is 17.7 Å². The summed E-state index contributed by atoms with van der Waals surface area (Å²) in [6.07, 6.45) is -0.799. The standard InChI is InChI=1S/C14H11ClF2O/c15-10-3-1-2-9(6-10)7-14(18)12-5-4-11(16)8-13(12)17/h1-6,8,14,18H,7H2. The number of rotatable bonds is 3. The van der Waals surface area contributed by atoms with Crippen molar-refractivity contribution in [2.24, 2.45) is 0 Å². The molecule has 0 spiro atoms. The molecule has 0 aliphatic heterocycles. The van der Waals surface area contributed by atoms with Crippen LogP contribution in [0.1, 0.15) is 17.2 Å². The molecule has 94 valence electrons. The molecule has 0 heterocycles. The summed E-state index contributed by atoms with van der Waals surface area (Å²) in [5, 5.41) is 10.5. The summed E-state index contributed by atoms with van der Waals surface area (Å²) in [4.78, 5) is 0. The second-order valence-electron chi connectivity index (χ2n) is 4.02. The molecule has 2 aromatic carbocycles. The maximum atomic E-state index is 13.5. The van der Waals surface area contributed by atoms with Gasteiger partial charge < -0.3 is 5.11 Å². The second-order valence-corrected chi connectivity index (χ2v) is 4.45. The van der Waals surface area contributed by atoms with Gasteiger partial charge >= 0.3 is 0 Å². The molecule has 4 heteroatoms. The van der Waals surface area contributed by atoms with Crippen LogP contribution in [0.4, 0.5) is 8.78 Å². The summed E-state index contributed by atoms with van der Waals surface area (Å²) in [6.45, 7) is 0. The number of halogens is 3. The monoisotopic (exact) mass is 268 g/mol. The van der Waals surface area contributed by atoms with E-state index >= 15 is 0 Å². The Balaban J connectivity index is 2.19. The van der Waals surface area contributed by atoms with E-state index in [1.165, 1.54) is 6.07 Å². The SMILES string of the molecule is OC(Cc1cccc(Cl)c1)c1ccc(F)cc1F. The van der Waals surface area contributed by atoms with Crippen LogP contribution in [0, 0.1) is 11.6 Å². The van der Waals surface area contributed by atoms with Crippen molar-refractivity contribution in [3.63, 3.8) is 0 Å². The Morgan fingerprint density at radius 3 is 2.56 bits per heavy atom. The highest BCUT2D eigenvalue weighted by molar-refractivity contribution is 6.30. The van der Waals surface area contributed by atoms with Gasteiger partial charge in [0.15, 0.2) is 0 Å². The maximum Gasteiger partial charge on any atom is 0.131 e. The van der Waals surface area contributed by atoms with E-state index in [0.29, 0.717) is 5.02 Å². The van der Waals surface area contributed by atoms with Crippen molar-refractivity contribution in [1.29, 1.82) is 0 Å². The third kappa shape index (κ3) is 3.06. The lowest BCUT2D eigenvalue weighted by Gasteiger charge is -2.12. The molecule has 2 aromatic rings. The Kier molecular flexibility index (Phi) is 3.94. The summed E-state index contributed by atoms with van der Waals surface area (Å²) in [5.41, 5.74) is 0.870. The van der Waals surface area contributed by atoms with Crippen LogP contribution in [-0.4, -0.2) is 5.11 Å². The molecule has 1 nitrogen and oxygen atoms in total. The molecule has 0 saturated heterocycles. The highest BCUT2D eigenvalue weighted by atomic mass is 35.5. The van der Waals surface area contributed by atoms with E-state index in [2.05, 4.69) is 0 Å². The molecule has 2 rings (SSSR count). The topological polar surface area (TPSA) is 20.2 Å². The minimum Gasteiger partial charge on any atom is -0.388 e. The third-order valence-electron chi connectivity index (χ3n) is 2.64. The lowest BCUT2D eigenvalue weighted by molar-refractivity contribution is 0.173. The van der Waals surface area contributed by atoms with Crippen LogP contribution >= 0.6 is 11.6 Å².